The van der Waals surface area contributed by atoms with Crippen LogP contribution in [-0.4, -0.2) is 32.2 Å². The first kappa shape index (κ1) is 14.0. The molecule has 6 heteroatoms. The molecule has 2 aromatic heterocycles. The van der Waals surface area contributed by atoms with Crippen LogP contribution in [0.25, 0.3) is 10.9 Å². The summed E-state index contributed by atoms with van der Waals surface area (Å²) in [7, 11) is 0. The molecule has 0 unspecified atom stereocenters. The quantitative estimate of drug-likeness (QED) is 0.760. The summed E-state index contributed by atoms with van der Waals surface area (Å²) < 4.78 is 2.30. The van der Waals surface area contributed by atoms with Crippen LogP contribution in [0, 0.1) is 6.92 Å². The van der Waals surface area contributed by atoms with Gasteiger partial charge >= 0.3 is 0 Å². The van der Waals surface area contributed by atoms with Crippen LogP contribution < -0.4 is 5.32 Å². The second-order valence-electron chi connectivity index (χ2n) is 6.04. The van der Waals surface area contributed by atoms with E-state index in [0.717, 1.165) is 23.1 Å². The maximum Gasteiger partial charge on any atom is 0.272 e. The Labute approximate surface area is 133 Å². The smallest absolute Gasteiger partial charge is 0.272 e. The van der Waals surface area contributed by atoms with Gasteiger partial charge in [0.25, 0.3) is 5.91 Å². The number of carbonyl (C=O) groups is 1. The van der Waals surface area contributed by atoms with Crippen molar-refractivity contribution >= 4 is 16.8 Å². The third kappa shape index (κ3) is 2.60. The van der Waals surface area contributed by atoms with Gasteiger partial charge in [-0.05, 0) is 25.8 Å². The highest BCUT2D eigenvalue weighted by molar-refractivity contribution is 6.04. The van der Waals surface area contributed by atoms with Crippen molar-refractivity contribution < 1.29 is 4.79 Å². The maximum absolute atomic E-state index is 12.3. The SMILES string of the molecule is Cc1cnc(CCNC(=O)c2n[nH]c3ccccc23)n1C1CC1. The molecule has 0 aliphatic heterocycles. The molecule has 1 fully saturated rings. The largest absolute Gasteiger partial charge is 0.350 e. The van der Waals surface area contributed by atoms with Crippen molar-refractivity contribution in [3.8, 4) is 0 Å². The number of carbonyl (C=O) groups excluding carboxylic acids is 1. The van der Waals surface area contributed by atoms with E-state index in [2.05, 4.69) is 32.0 Å². The zero-order valence-electron chi connectivity index (χ0n) is 13.0. The molecule has 0 saturated heterocycles. The second-order valence-corrected chi connectivity index (χ2v) is 6.04. The highest BCUT2D eigenvalue weighted by Crippen LogP contribution is 2.36. The molecule has 0 radical (unpaired) electrons. The summed E-state index contributed by atoms with van der Waals surface area (Å²) in [6, 6.07) is 8.25. The lowest BCUT2D eigenvalue weighted by atomic mass is 10.2. The van der Waals surface area contributed by atoms with E-state index in [-0.39, 0.29) is 5.91 Å². The second kappa shape index (κ2) is 5.53. The number of amides is 1. The first-order chi connectivity index (χ1) is 11.2. The van der Waals surface area contributed by atoms with Crippen LogP contribution in [0.2, 0.25) is 0 Å². The van der Waals surface area contributed by atoms with E-state index in [4.69, 9.17) is 0 Å². The van der Waals surface area contributed by atoms with Gasteiger partial charge in [-0.15, -0.1) is 0 Å². The molecule has 2 N–H and O–H groups in total. The highest BCUT2D eigenvalue weighted by atomic mass is 16.1. The number of rotatable bonds is 5. The molecule has 2 heterocycles. The molecule has 1 aromatic carbocycles. The van der Waals surface area contributed by atoms with Gasteiger partial charge in [-0.3, -0.25) is 9.89 Å². The number of H-pyrrole nitrogens is 1. The average Bonchev–Trinajstić information content (AvgIpc) is 3.18. The molecule has 0 spiro atoms. The lowest BCUT2D eigenvalue weighted by Gasteiger charge is -2.09. The Morgan fingerprint density at radius 1 is 1.39 bits per heavy atom. The number of hydrogen-bond donors (Lipinski definition) is 2. The maximum atomic E-state index is 12.3. The lowest BCUT2D eigenvalue weighted by Crippen LogP contribution is -2.27. The lowest BCUT2D eigenvalue weighted by molar-refractivity contribution is 0.0950. The van der Waals surface area contributed by atoms with Gasteiger partial charge in [0.2, 0.25) is 0 Å². The van der Waals surface area contributed by atoms with Crippen molar-refractivity contribution in [3.63, 3.8) is 0 Å². The Morgan fingerprint density at radius 2 is 2.22 bits per heavy atom. The van der Waals surface area contributed by atoms with Gasteiger partial charge in [0, 0.05) is 36.3 Å². The molecule has 23 heavy (non-hydrogen) atoms. The van der Waals surface area contributed by atoms with Crippen LogP contribution in [0.15, 0.2) is 30.5 Å². The average molecular weight is 309 g/mol. The summed E-state index contributed by atoms with van der Waals surface area (Å²) in [6.07, 6.45) is 5.11. The zero-order valence-corrected chi connectivity index (χ0v) is 13.0. The van der Waals surface area contributed by atoms with Crippen LogP contribution >= 0.6 is 0 Å². The van der Waals surface area contributed by atoms with Crippen LogP contribution in [0.1, 0.15) is 40.9 Å². The summed E-state index contributed by atoms with van der Waals surface area (Å²) in [5.41, 5.74) is 2.52. The van der Waals surface area contributed by atoms with Crippen LogP contribution in [0.3, 0.4) is 0 Å². The number of para-hydroxylation sites is 1. The molecular formula is C17H19N5O. The molecule has 1 saturated carbocycles. The van der Waals surface area contributed by atoms with Gasteiger partial charge in [-0.1, -0.05) is 18.2 Å². The summed E-state index contributed by atoms with van der Waals surface area (Å²) >= 11 is 0. The molecule has 0 bridgehead atoms. The first-order valence-corrected chi connectivity index (χ1v) is 7.98. The topological polar surface area (TPSA) is 75.6 Å². The van der Waals surface area contributed by atoms with Gasteiger partial charge < -0.3 is 9.88 Å². The Bertz CT molecular complexity index is 859. The number of aromatic amines is 1. The monoisotopic (exact) mass is 309 g/mol. The van der Waals surface area contributed by atoms with Crippen molar-refractivity contribution in [2.75, 3.05) is 6.54 Å². The zero-order chi connectivity index (χ0) is 15.8. The number of imidazole rings is 1. The van der Waals surface area contributed by atoms with E-state index >= 15 is 0 Å². The van der Waals surface area contributed by atoms with Crippen molar-refractivity contribution in [1.82, 2.24) is 25.1 Å². The summed E-state index contributed by atoms with van der Waals surface area (Å²) in [5.74, 6) is 0.904. The molecule has 1 aliphatic carbocycles. The number of nitrogens with one attached hydrogen (secondary N) is 2. The summed E-state index contributed by atoms with van der Waals surface area (Å²) in [5, 5.41) is 10.8. The van der Waals surface area contributed by atoms with Crippen molar-refractivity contribution in [1.29, 1.82) is 0 Å². The van der Waals surface area contributed by atoms with Gasteiger partial charge in [-0.2, -0.15) is 5.10 Å². The summed E-state index contributed by atoms with van der Waals surface area (Å²) in [6.45, 7) is 2.65. The fourth-order valence-electron chi connectivity index (χ4n) is 3.02. The first-order valence-electron chi connectivity index (χ1n) is 7.98. The fraction of sp³-hybridized carbons (Fsp3) is 0.353. The number of aromatic nitrogens is 4. The van der Waals surface area contributed by atoms with Crippen LogP contribution in [0.5, 0.6) is 0 Å². The molecule has 1 amide bonds. The molecule has 3 aromatic rings. The van der Waals surface area contributed by atoms with E-state index in [1.54, 1.807) is 0 Å². The minimum Gasteiger partial charge on any atom is -0.350 e. The minimum atomic E-state index is -0.149. The normalized spacial score (nSPS) is 14.3. The molecule has 118 valence electrons. The number of nitrogens with zero attached hydrogens (tertiary/aromatic N) is 3. The Kier molecular flexibility index (Phi) is 3.37. The fourth-order valence-corrected chi connectivity index (χ4v) is 3.02. The number of benzene rings is 1. The van der Waals surface area contributed by atoms with E-state index in [0.29, 0.717) is 18.3 Å². The van der Waals surface area contributed by atoms with E-state index in [9.17, 15) is 4.79 Å². The van der Waals surface area contributed by atoms with E-state index < -0.39 is 0 Å². The van der Waals surface area contributed by atoms with Gasteiger partial charge in [-0.25, -0.2) is 4.98 Å². The van der Waals surface area contributed by atoms with Gasteiger partial charge in [0.05, 0.1) is 5.52 Å². The van der Waals surface area contributed by atoms with Gasteiger partial charge in [0.1, 0.15) is 5.82 Å². The molecule has 4 rings (SSSR count). The number of hydrogen-bond acceptors (Lipinski definition) is 3. The van der Waals surface area contributed by atoms with Crippen LogP contribution in [0.4, 0.5) is 0 Å². The molecule has 6 nitrogen and oxygen atoms in total. The highest BCUT2D eigenvalue weighted by Gasteiger charge is 2.27. The standard InChI is InChI=1S/C17H19N5O/c1-11-10-19-15(22(11)12-6-7-12)8-9-18-17(23)16-13-4-2-3-5-14(13)20-21-16/h2-5,10,12H,6-9H2,1H3,(H,18,23)(H,20,21). The van der Waals surface area contributed by atoms with E-state index in [1.165, 1.54) is 18.5 Å². The predicted molar refractivity (Wildman–Crippen MR) is 87.4 cm³/mol. The van der Waals surface area contributed by atoms with Crippen molar-refractivity contribution in [2.24, 2.45) is 0 Å². The van der Waals surface area contributed by atoms with E-state index in [1.807, 2.05) is 30.5 Å². The van der Waals surface area contributed by atoms with Crippen molar-refractivity contribution in [2.45, 2.75) is 32.2 Å². The van der Waals surface area contributed by atoms with Gasteiger partial charge in [0.15, 0.2) is 5.69 Å². The molecule has 0 atom stereocenters. The third-order valence-electron chi connectivity index (χ3n) is 4.29. The molecular weight excluding hydrogens is 290 g/mol. The Hall–Kier alpha value is -2.63. The van der Waals surface area contributed by atoms with Crippen LogP contribution in [-0.2, 0) is 6.42 Å². The molecule has 1 aliphatic rings. The summed E-state index contributed by atoms with van der Waals surface area (Å²) in [4.78, 5) is 16.8. The number of aryl methyl sites for hydroxylation is 1. The third-order valence-corrected chi connectivity index (χ3v) is 4.29. The Morgan fingerprint density at radius 3 is 3.04 bits per heavy atom. The Balaban J connectivity index is 1.42. The minimum absolute atomic E-state index is 0.149. The van der Waals surface area contributed by atoms with Crippen molar-refractivity contribution in [3.05, 3.63) is 47.7 Å². The predicted octanol–water partition coefficient (Wildman–Crippen LogP) is 2.38. The number of fused-ring (bicyclic) bond motifs is 1.